The van der Waals surface area contributed by atoms with Gasteiger partial charge in [-0.15, -0.1) is 0 Å². The zero-order valence-electron chi connectivity index (χ0n) is 13.5. The first kappa shape index (κ1) is 16.7. The Morgan fingerprint density at radius 1 is 1.05 bits per heavy atom. The zero-order valence-corrected chi connectivity index (χ0v) is 13.5. The molecule has 0 aromatic heterocycles. The molecule has 3 N–H and O–H groups in total. The van der Waals surface area contributed by atoms with E-state index in [4.69, 9.17) is 5.73 Å². The quantitative estimate of drug-likeness (QED) is 0.886. The average molecular weight is 276 g/mol. The summed E-state index contributed by atoms with van der Waals surface area (Å²) in [6, 6.07) is 7.85. The molecule has 3 nitrogen and oxygen atoms in total. The lowest BCUT2D eigenvalue weighted by Crippen LogP contribution is -2.49. The smallest absolute Gasteiger partial charge is 0.237 e. The van der Waals surface area contributed by atoms with Crippen LogP contribution in [0.5, 0.6) is 0 Å². The Labute approximate surface area is 122 Å². The van der Waals surface area contributed by atoms with Gasteiger partial charge in [-0.05, 0) is 29.4 Å². The summed E-state index contributed by atoms with van der Waals surface area (Å²) < 4.78 is 0. The van der Waals surface area contributed by atoms with E-state index >= 15 is 0 Å². The summed E-state index contributed by atoms with van der Waals surface area (Å²) in [7, 11) is 0. The molecule has 112 valence electrons. The normalized spacial score (nSPS) is 15.0. The maximum atomic E-state index is 12.1. The van der Waals surface area contributed by atoms with Crippen LogP contribution in [0.1, 0.15) is 64.6 Å². The fourth-order valence-electron chi connectivity index (χ4n) is 1.95. The van der Waals surface area contributed by atoms with Crippen molar-refractivity contribution in [2.45, 2.75) is 59.5 Å². The number of nitrogens with two attached hydrogens (primary N) is 1. The molecule has 1 aromatic rings. The van der Waals surface area contributed by atoms with Crippen LogP contribution in [0.15, 0.2) is 24.3 Å². The first-order chi connectivity index (χ1) is 9.12. The van der Waals surface area contributed by atoms with Crippen molar-refractivity contribution in [3.63, 3.8) is 0 Å². The predicted octanol–water partition coefficient (Wildman–Crippen LogP) is 3.36. The third kappa shape index (κ3) is 4.34. The summed E-state index contributed by atoms with van der Waals surface area (Å²) in [4.78, 5) is 12.1. The molecule has 0 saturated heterocycles. The van der Waals surface area contributed by atoms with Gasteiger partial charge in [-0.1, -0.05) is 58.9 Å². The SMILES string of the molecule is CC(C)c1ccc(C(C)NC(=O)[C@H](N)C(C)(C)C)cc1. The van der Waals surface area contributed by atoms with Gasteiger partial charge in [0, 0.05) is 0 Å². The summed E-state index contributed by atoms with van der Waals surface area (Å²) >= 11 is 0. The molecule has 0 fully saturated rings. The lowest BCUT2D eigenvalue weighted by molar-refractivity contribution is -0.125. The van der Waals surface area contributed by atoms with Gasteiger partial charge in [0.1, 0.15) is 0 Å². The highest BCUT2D eigenvalue weighted by molar-refractivity contribution is 5.82. The fraction of sp³-hybridized carbons (Fsp3) is 0.588. The van der Waals surface area contributed by atoms with Gasteiger partial charge in [-0.3, -0.25) is 4.79 Å². The highest BCUT2D eigenvalue weighted by Crippen LogP contribution is 2.21. The number of nitrogens with one attached hydrogen (secondary N) is 1. The van der Waals surface area contributed by atoms with Crippen molar-refractivity contribution in [1.82, 2.24) is 5.32 Å². The van der Waals surface area contributed by atoms with Gasteiger partial charge >= 0.3 is 0 Å². The third-order valence-electron chi connectivity index (χ3n) is 3.68. The number of carbonyl (C=O) groups is 1. The lowest BCUT2D eigenvalue weighted by atomic mass is 9.86. The predicted molar refractivity (Wildman–Crippen MR) is 84.5 cm³/mol. The van der Waals surface area contributed by atoms with E-state index in [9.17, 15) is 4.79 Å². The van der Waals surface area contributed by atoms with E-state index in [0.717, 1.165) is 5.56 Å². The van der Waals surface area contributed by atoms with Crippen LogP contribution in [-0.4, -0.2) is 11.9 Å². The monoisotopic (exact) mass is 276 g/mol. The summed E-state index contributed by atoms with van der Waals surface area (Å²) in [6.07, 6.45) is 0. The Morgan fingerprint density at radius 2 is 1.50 bits per heavy atom. The van der Waals surface area contributed by atoms with Crippen molar-refractivity contribution in [2.75, 3.05) is 0 Å². The van der Waals surface area contributed by atoms with Crippen molar-refractivity contribution in [3.8, 4) is 0 Å². The first-order valence-electron chi connectivity index (χ1n) is 7.28. The standard InChI is InChI=1S/C17H28N2O/c1-11(2)13-7-9-14(10-8-13)12(3)19-16(20)15(18)17(4,5)6/h7-12,15H,18H2,1-6H3,(H,19,20)/t12?,15-/m0/s1. The number of hydrogen-bond donors (Lipinski definition) is 2. The van der Waals surface area contributed by atoms with E-state index in [1.54, 1.807) is 0 Å². The van der Waals surface area contributed by atoms with E-state index in [0.29, 0.717) is 5.92 Å². The second kappa shape index (κ2) is 6.40. The van der Waals surface area contributed by atoms with Crippen molar-refractivity contribution in [2.24, 2.45) is 11.1 Å². The molecule has 20 heavy (non-hydrogen) atoms. The molecule has 0 aliphatic heterocycles. The van der Waals surface area contributed by atoms with Crippen LogP contribution in [0.2, 0.25) is 0 Å². The van der Waals surface area contributed by atoms with Crippen LogP contribution in [-0.2, 0) is 4.79 Å². The molecule has 2 atom stereocenters. The second-order valence-corrected chi connectivity index (χ2v) is 6.90. The van der Waals surface area contributed by atoms with Gasteiger partial charge in [-0.25, -0.2) is 0 Å². The number of amides is 1. The highest BCUT2D eigenvalue weighted by Gasteiger charge is 2.28. The molecule has 0 radical (unpaired) electrons. The molecule has 1 rings (SSSR count). The lowest BCUT2D eigenvalue weighted by Gasteiger charge is -2.27. The van der Waals surface area contributed by atoms with E-state index in [1.807, 2.05) is 27.7 Å². The van der Waals surface area contributed by atoms with E-state index in [-0.39, 0.29) is 17.4 Å². The van der Waals surface area contributed by atoms with E-state index in [1.165, 1.54) is 5.56 Å². The molecule has 3 heteroatoms. The molecule has 1 amide bonds. The topological polar surface area (TPSA) is 55.1 Å². The molecule has 1 unspecified atom stereocenters. The second-order valence-electron chi connectivity index (χ2n) is 6.90. The van der Waals surface area contributed by atoms with Gasteiger partial charge in [0.05, 0.1) is 12.1 Å². The Bertz CT molecular complexity index is 443. The van der Waals surface area contributed by atoms with Crippen LogP contribution in [0.3, 0.4) is 0 Å². The molecule has 1 aromatic carbocycles. The van der Waals surface area contributed by atoms with Crippen molar-refractivity contribution in [1.29, 1.82) is 0 Å². The van der Waals surface area contributed by atoms with Crippen LogP contribution in [0.4, 0.5) is 0 Å². The van der Waals surface area contributed by atoms with Gasteiger partial charge in [0.25, 0.3) is 0 Å². The van der Waals surface area contributed by atoms with Crippen molar-refractivity contribution < 1.29 is 4.79 Å². The number of carbonyl (C=O) groups excluding carboxylic acids is 1. The molecule has 0 aliphatic carbocycles. The zero-order chi connectivity index (χ0) is 15.5. The fourth-order valence-corrected chi connectivity index (χ4v) is 1.95. The van der Waals surface area contributed by atoms with Crippen LogP contribution in [0, 0.1) is 5.41 Å². The Balaban J connectivity index is 2.71. The molecule has 0 bridgehead atoms. The number of benzene rings is 1. The highest BCUT2D eigenvalue weighted by atomic mass is 16.2. The van der Waals surface area contributed by atoms with Gasteiger partial charge < -0.3 is 11.1 Å². The van der Waals surface area contributed by atoms with E-state index in [2.05, 4.69) is 43.4 Å². The third-order valence-corrected chi connectivity index (χ3v) is 3.68. The molecule has 0 saturated carbocycles. The summed E-state index contributed by atoms with van der Waals surface area (Å²) in [5, 5.41) is 2.99. The van der Waals surface area contributed by atoms with Crippen molar-refractivity contribution >= 4 is 5.91 Å². The maximum absolute atomic E-state index is 12.1. The van der Waals surface area contributed by atoms with Gasteiger partial charge in [0.2, 0.25) is 5.91 Å². The molecule has 0 spiro atoms. The Morgan fingerprint density at radius 3 is 1.90 bits per heavy atom. The minimum absolute atomic E-state index is 0.0305. The van der Waals surface area contributed by atoms with Crippen LogP contribution in [0.25, 0.3) is 0 Å². The average Bonchev–Trinajstić information content (AvgIpc) is 2.36. The number of hydrogen-bond acceptors (Lipinski definition) is 2. The molecule has 0 heterocycles. The minimum Gasteiger partial charge on any atom is -0.348 e. The largest absolute Gasteiger partial charge is 0.348 e. The van der Waals surface area contributed by atoms with Crippen molar-refractivity contribution in [3.05, 3.63) is 35.4 Å². The molecular formula is C17H28N2O. The summed E-state index contributed by atoms with van der Waals surface area (Å²) in [6.45, 7) is 12.2. The maximum Gasteiger partial charge on any atom is 0.237 e. The summed E-state index contributed by atoms with van der Waals surface area (Å²) in [5.74, 6) is 0.418. The first-order valence-corrected chi connectivity index (χ1v) is 7.28. The van der Waals surface area contributed by atoms with Gasteiger partial charge in [0.15, 0.2) is 0 Å². The summed E-state index contributed by atoms with van der Waals surface area (Å²) in [5.41, 5.74) is 8.15. The van der Waals surface area contributed by atoms with Gasteiger partial charge in [-0.2, -0.15) is 0 Å². The molecule has 0 aliphatic rings. The minimum atomic E-state index is -0.500. The number of rotatable bonds is 4. The Hall–Kier alpha value is -1.35. The van der Waals surface area contributed by atoms with Crippen LogP contribution < -0.4 is 11.1 Å². The molecular weight excluding hydrogens is 248 g/mol. The van der Waals surface area contributed by atoms with Crippen LogP contribution >= 0.6 is 0 Å². The van der Waals surface area contributed by atoms with E-state index < -0.39 is 6.04 Å². The Kier molecular flexibility index (Phi) is 5.35.